The number of alkyl halides is 3. The number of nitrogens with zero attached hydrogens (tertiary/aromatic N) is 1. The molecule has 0 aliphatic heterocycles. The topological polar surface area (TPSA) is 76.5 Å². The standard InChI is InChI=1S/C21H27F3N4OS/c1-20(2,19(14-25)27-26)28(12-13-29-3)30-18-10-6-16(7-11-18)15-4-8-17(9-5-15)21(22,23)24/h4-11,14,27H,12-13,25-26H2,1-3H3/b19-14-. The first kappa shape index (κ1) is 24.1. The Balaban J connectivity index is 2.21. The molecule has 2 rings (SSSR count). The fraction of sp³-hybridized carbons (Fsp3) is 0.333. The lowest BCUT2D eigenvalue weighted by Crippen LogP contribution is -2.48. The molecule has 0 saturated carbocycles. The summed E-state index contributed by atoms with van der Waals surface area (Å²) in [5.41, 5.74) is 9.40. The number of hydrogen-bond donors (Lipinski definition) is 3. The molecule has 0 bridgehead atoms. The maximum absolute atomic E-state index is 12.7. The summed E-state index contributed by atoms with van der Waals surface area (Å²) in [4.78, 5) is 0.961. The zero-order valence-electron chi connectivity index (χ0n) is 17.2. The van der Waals surface area contributed by atoms with Crippen LogP contribution in [0.5, 0.6) is 0 Å². The Morgan fingerprint density at radius 1 is 1.07 bits per heavy atom. The van der Waals surface area contributed by atoms with Crippen LogP contribution in [0.25, 0.3) is 11.1 Å². The molecule has 2 aromatic rings. The molecule has 0 heterocycles. The molecule has 5 nitrogen and oxygen atoms in total. The second-order valence-electron chi connectivity index (χ2n) is 7.07. The highest BCUT2D eigenvalue weighted by Gasteiger charge is 2.32. The Hall–Kier alpha value is -2.20. The smallest absolute Gasteiger partial charge is 0.403 e. The number of nitrogens with one attached hydrogen (secondary N) is 1. The van der Waals surface area contributed by atoms with Gasteiger partial charge in [0, 0.05) is 24.7 Å². The molecule has 0 aliphatic carbocycles. The minimum absolute atomic E-state index is 0.501. The van der Waals surface area contributed by atoms with Crippen LogP contribution in [0.15, 0.2) is 65.3 Å². The molecule has 0 aliphatic rings. The normalized spacial score (nSPS) is 13.0. The van der Waals surface area contributed by atoms with Gasteiger partial charge in [0.25, 0.3) is 0 Å². The Labute approximate surface area is 179 Å². The summed E-state index contributed by atoms with van der Waals surface area (Å²) in [5, 5.41) is 0. The van der Waals surface area contributed by atoms with Crippen LogP contribution in [0.2, 0.25) is 0 Å². The molecule has 0 spiro atoms. The highest BCUT2D eigenvalue weighted by Crippen LogP contribution is 2.35. The molecule has 0 amide bonds. The van der Waals surface area contributed by atoms with Crippen molar-refractivity contribution >= 4 is 11.9 Å². The molecule has 5 N–H and O–H groups in total. The number of benzene rings is 2. The van der Waals surface area contributed by atoms with Gasteiger partial charge < -0.3 is 15.9 Å². The van der Waals surface area contributed by atoms with E-state index >= 15 is 0 Å². The van der Waals surface area contributed by atoms with E-state index in [0.29, 0.717) is 18.8 Å². The van der Waals surface area contributed by atoms with Gasteiger partial charge in [-0.05, 0) is 61.2 Å². The van der Waals surface area contributed by atoms with E-state index in [1.807, 2.05) is 38.1 Å². The summed E-state index contributed by atoms with van der Waals surface area (Å²) in [6.07, 6.45) is -2.90. The van der Waals surface area contributed by atoms with Crippen molar-refractivity contribution in [2.45, 2.75) is 30.5 Å². The van der Waals surface area contributed by atoms with Gasteiger partial charge >= 0.3 is 6.18 Å². The summed E-state index contributed by atoms with van der Waals surface area (Å²) in [5.74, 6) is 5.62. The minimum Gasteiger partial charge on any atom is -0.403 e. The third-order valence-corrected chi connectivity index (χ3v) is 6.06. The highest BCUT2D eigenvalue weighted by atomic mass is 32.2. The number of methoxy groups -OCH3 is 1. The second-order valence-corrected chi connectivity index (χ2v) is 8.16. The second kappa shape index (κ2) is 10.2. The maximum Gasteiger partial charge on any atom is 0.416 e. The maximum atomic E-state index is 12.7. The lowest BCUT2D eigenvalue weighted by molar-refractivity contribution is -0.137. The van der Waals surface area contributed by atoms with Crippen molar-refractivity contribution in [3.63, 3.8) is 0 Å². The number of hydrazine groups is 1. The van der Waals surface area contributed by atoms with E-state index in [4.69, 9.17) is 16.3 Å². The summed E-state index contributed by atoms with van der Waals surface area (Å²) in [7, 11) is 1.63. The monoisotopic (exact) mass is 440 g/mol. The van der Waals surface area contributed by atoms with Crippen LogP contribution in [0.1, 0.15) is 19.4 Å². The van der Waals surface area contributed by atoms with Gasteiger partial charge in [-0.15, -0.1) is 0 Å². The number of hydrogen-bond acceptors (Lipinski definition) is 6. The quantitative estimate of drug-likeness (QED) is 0.305. The van der Waals surface area contributed by atoms with Crippen LogP contribution < -0.4 is 17.0 Å². The van der Waals surface area contributed by atoms with Crippen LogP contribution in [0.3, 0.4) is 0 Å². The lowest BCUT2D eigenvalue weighted by Gasteiger charge is -2.38. The third kappa shape index (κ3) is 5.91. The zero-order chi connectivity index (χ0) is 22.4. The molecule has 0 atom stereocenters. The Morgan fingerprint density at radius 3 is 2.03 bits per heavy atom. The molecule has 2 aromatic carbocycles. The van der Waals surface area contributed by atoms with Gasteiger partial charge in [0.2, 0.25) is 0 Å². The average molecular weight is 441 g/mol. The van der Waals surface area contributed by atoms with E-state index < -0.39 is 17.3 Å². The molecule has 9 heteroatoms. The van der Waals surface area contributed by atoms with Crippen molar-refractivity contribution in [3.05, 3.63) is 66.0 Å². The van der Waals surface area contributed by atoms with E-state index in [-0.39, 0.29) is 0 Å². The largest absolute Gasteiger partial charge is 0.416 e. The molecular weight excluding hydrogens is 413 g/mol. The lowest BCUT2D eigenvalue weighted by atomic mass is 10.0. The molecule has 30 heavy (non-hydrogen) atoms. The minimum atomic E-state index is -4.34. The van der Waals surface area contributed by atoms with Gasteiger partial charge in [-0.25, -0.2) is 4.31 Å². The molecule has 0 saturated heterocycles. The van der Waals surface area contributed by atoms with Crippen molar-refractivity contribution in [1.82, 2.24) is 9.73 Å². The van der Waals surface area contributed by atoms with E-state index in [1.165, 1.54) is 30.3 Å². The number of ether oxygens (including phenoxy) is 1. The Morgan fingerprint density at radius 2 is 1.60 bits per heavy atom. The molecular formula is C21H27F3N4OS. The van der Waals surface area contributed by atoms with Gasteiger partial charge in [-0.1, -0.05) is 24.3 Å². The summed E-state index contributed by atoms with van der Waals surface area (Å²) < 4.78 is 45.6. The van der Waals surface area contributed by atoms with Crippen LogP contribution in [0, 0.1) is 0 Å². The first-order valence-corrected chi connectivity index (χ1v) is 10.0. The summed E-state index contributed by atoms with van der Waals surface area (Å²) in [6, 6.07) is 12.8. The number of rotatable bonds is 9. The van der Waals surface area contributed by atoms with E-state index in [0.717, 1.165) is 28.2 Å². The van der Waals surface area contributed by atoms with Crippen LogP contribution in [-0.2, 0) is 10.9 Å². The first-order chi connectivity index (χ1) is 14.1. The fourth-order valence-electron chi connectivity index (χ4n) is 2.86. The van der Waals surface area contributed by atoms with Crippen molar-refractivity contribution in [2.75, 3.05) is 20.3 Å². The van der Waals surface area contributed by atoms with E-state index in [1.54, 1.807) is 7.11 Å². The van der Waals surface area contributed by atoms with Crippen molar-refractivity contribution < 1.29 is 17.9 Å². The van der Waals surface area contributed by atoms with Gasteiger partial charge in [0.1, 0.15) is 0 Å². The number of halogens is 3. The van der Waals surface area contributed by atoms with Crippen molar-refractivity contribution in [2.24, 2.45) is 11.6 Å². The van der Waals surface area contributed by atoms with Gasteiger partial charge in [-0.3, -0.25) is 5.84 Å². The Kier molecular flexibility index (Phi) is 8.19. The first-order valence-electron chi connectivity index (χ1n) is 9.24. The summed E-state index contributed by atoms with van der Waals surface area (Å²) in [6.45, 7) is 5.12. The SMILES string of the molecule is COCCN(Sc1ccc(-c2ccc(C(F)(F)F)cc2)cc1)C(C)(C)/C(=C/N)NN. The van der Waals surface area contributed by atoms with Crippen molar-refractivity contribution in [1.29, 1.82) is 0 Å². The zero-order valence-corrected chi connectivity index (χ0v) is 18.0. The molecule has 0 fully saturated rings. The van der Waals surface area contributed by atoms with E-state index in [9.17, 15) is 13.2 Å². The van der Waals surface area contributed by atoms with E-state index in [2.05, 4.69) is 9.73 Å². The van der Waals surface area contributed by atoms with Crippen molar-refractivity contribution in [3.8, 4) is 11.1 Å². The van der Waals surface area contributed by atoms with Gasteiger partial charge in [0.05, 0.1) is 23.4 Å². The predicted molar refractivity (Wildman–Crippen MR) is 115 cm³/mol. The highest BCUT2D eigenvalue weighted by molar-refractivity contribution is 7.97. The van der Waals surface area contributed by atoms with Gasteiger partial charge in [0.15, 0.2) is 0 Å². The molecule has 0 aromatic heterocycles. The van der Waals surface area contributed by atoms with Gasteiger partial charge in [-0.2, -0.15) is 13.2 Å². The third-order valence-electron chi connectivity index (χ3n) is 4.72. The predicted octanol–water partition coefficient (Wildman–Crippen LogP) is 4.37. The van der Waals surface area contributed by atoms with Crippen LogP contribution in [-0.4, -0.2) is 30.1 Å². The Bertz CT molecular complexity index is 837. The average Bonchev–Trinajstić information content (AvgIpc) is 2.71. The molecule has 164 valence electrons. The fourth-order valence-corrected chi connectivity index (χ4v) is 3.87. The molecule has 0 radical (unpaired) electrons. The number of nitrogens with two attached hydrogens (primary N) is 2. The molecule has 0 unspecified atom stereocenters. The summed E-state index contributed by atoms with van der Waals surface area (Å²) >= 11 is 1.52. The van der Waals surface area contributed by atoms with Crippen LogP contribution in [0.4, 0.5) is 13.2 Å². The van der Waals surface area contributed by atoms with Crippen LogP contribution >= 0.6 is 11.9 Å².